The molecule has 0 aliphatic carbocycles. The van der Waals surface area contributed by atoms with E-state index in [9.17, 15) is 13.2 Å². The molecule has 5 rings (SSSR count). The smallest absolute Gasteiger partial charge is 0.241 e. The van der Waals surface area contributed by atoms with Gasteiger partial charge in [-0.2, -0.15) is 5.26 Å². The standard InChI is InChI=1S/C27H24N4O4S2/c1-35-21-7-5-19-6-8-23(14-20(19)13-21)37(33,34)30-26(25-4-2-3-10-29-25)24-9-11-31(27(24)32)16-18-12-22(15-28)36-17-18/h2-8,10,12-14,17,24,26,30H,9,11,16H2,1H3/t24-,26?/m0/s1. The molecule has 1 saturated heterocycles. The maximum absolute atomic E-state index is 13.6. The molecule has 3 heterocycles. The van der Waals surface area contributed by atoms with E-state index >= 15 is 0 Å². The monoisotopic (exact) mass is 532 g/mol. The third-order valence-electron chi connectivity index (χ3n) is 6.50. The van der Waals surface area contributed by atoms with Crippen LogP contribution in [-0.4, -0.2) is 37.9 Å². The second-order valence-electron chi connectivity index (χ2n) is 8.81. The maximum atomic E-state index is 13.6. The fourth-order valence-corrected chi connectivity index (χ4v) is 6.59. The average Bonchev–Trinajstić information content (AvgIpc) is 3.53. The lowest BCUT2D eigenvalue weighted by Gasteiger charge is -2.24. The summed E-state index contributed by atoms with van der Waals surface area (Å²) in [6.45, 7) is 0.865. The number of rotatable bonds is 8. The van der Waals surface area contributed by atoms with Gasteiger partial charge in [-0.05, 0) is 70.6 Å². The Hall–Kier alpha value is -3.78. The van der Waals surface area contributed by atoms with Crippen LogP contribution in [0.4, 0.5) is 0 Å². The van der Waals surface area contributed by atoms with Gasteiger partial charge in [0.25, 0.3) is 0 Å². The largest absolute Gasteiger partial charge is 0.497 e. The second kappa shape index (κ2) is 10.3. The predicted molar refractivity (Wildman–Crippen MR) is 140 cm³/mol. The normalized spacial score (nSPS) is 16.6. The van der Waals surface area contributed by atoms with E-state index in [2.05, 4.69) is 15.8 Å². The van der Waals surface area contributed by atoms with E-state index in [1.165, 1.54) is 11.3 Å². The molecule has 1 N–H and O–H groups in total. The fraction of sp³-hybridized carbons (Fsp3) is 0.222. The number of nitrogens with one attached hydrogen (secondary N) is 1. The molecule has 0 saturated carbocycles. The van der Waals surface area contributed by atoms with E-state index in [4.69, 9.17) is 10.00 Å². The lowest BCUT2D eigenvalue weighted by Crippen LogP contribution is -2.38. The first-order valence-corrected chi connectivity index (χ1v) is 14.0. The number of aromatic nitrogens is 1. The summed E-state index contributed by atoms with van der Waals surface area (Å²) in [4.78, 5) is 20.2. The molecule has 1 unspecified atom stereocenters. The zero-order chi connectivity index (χ0) is 26.0. The SMILES string of the molecule is COc1ccc2ccc(S(=O)(=O)NC(c3ccccn3)[C@@H]3CCN(Cc4csc(C#N)c4)C3=O)cc2c1. The first kappa shape index (κ1) is 24.9. The molecule has 2 aromatic heterocycles. The van der Waals surface area contributed by atoms with Crippen LogP contribution in [0.5, 0.6) is 5.75 Å². The topological polar surface area (TPSA) is 112 Å². The lowest BCUT2D eigenvalue weighted by molar-refractivity contribution is -0.132. The van der Waals surface area contributed by atoms with Crippen molar-refractivity contribution in [3.63, 3.8) is 0 Å². The highest BCUT2D eigenvalue weighted by Crippen LogP contribution is 2.33. The molecule has 0 bridgehead atoms. The van der Waals surface area contributed by atoms with Gasteiger partial charge in [-0.25, -0.2) is 13.1 Å². The molecule has 8 nitrogen and oxygen atoms in total. The number of nitrogens with zero attached hydrogens (tertiary/aromatic N) is 3. The molecule has 2 atom stereocenters. The Kier molecular flexibility index (Phi) is 6.93. The number of sulfonamides is 1. The van der Waals surface area contributed by atoms with Crippen LogP contribution in [-0.2, 0) is 21.4 Å². The summed E-state index contributed by atoms with van der Waals surface area (Å²) >= 11 is 1.34. The summed E-state index contributed by atoms with van der Waals surface area (Å²) in [6.07, 6.45) is 2.07. The van der Waals surface area contributed by atoms with E-state index in [-0.39, 0.29) is 10.8 Å². The number of carbonyl (C=O) groups excluding carboxylic acids is 1. The van der Waals surface area contributed by atoms with Gasteiger partial charge in [-0.1, -0.05) is 18.2 Å². The number of hydrogen-bond acceptors (Lipinski definition) is 7. The van der Waals surface area contributed by atoms with Gasteiger partial charge >= 0.3 is 0 Å². The highest BCUT2D eigenvalue weighted by atomic mass is 32.2. The van der Waals surface area contributed by atoms with Gasteiger partial charge in [-0.3, -0.25) is 9.78 Å². The summed E-state index contributed by atoms with van der Waals surface area (Å²) in [5, 5.41) is 12.6. The number of amides is 1. The molecular formula is C27H24N4O4S2. The van der Waals surface area contributed by atoms with Gasteiger partial charge in [-0.15, -0.1) is 11.3 Å². The predicted octanol–water partition coefficient (Wildman–Crippen LogP) is 4.24. The van der Waals surface area contributed by atoms with Crippen molar-refractivity contribution in [2.45, 2.75) is 23.9 Å². The highest BCUT2D eigenvalue weighted by molar-refractivity contribution is 7.89. The van der Waals surface area contributed by atoms with Crippen LogP contribution in [0.25, 0.3) is 10.8 Å². The van der Waals surface area contributed by atoms with E-state index in [1.807, 2.05) is 17.5 Å². The minimum atomic E-state index is -3.99. The Morgan fingerprint density at radius 1 is 1.19 bits per heavy atom. The van der Waals surface area contributed by atoms with Crippen LogP contribution >= 0.6 is 11.3 Å². The van der Waals surface area contributed by atoms with Crippen LogP contribution in [0.1, 0.15) is 28.6 Å². The van der Waals surface area contributed by atoms with E-state index in [1.54, 1.807) is 66.7 Å². The lowest BCUT2D eigenvalue weighted by atomic mass is 9.96. The molecule has 10 heteroatoms. The van der Waals surface area contributed by atoms with Gasteiger partial charge in [0.2, 0.25) is 15.9 Å². The van der Waals surface area contributed by atoms with Gasteiger partial charge in [0, 0.05) is 19.3 Å². The number of pyridine rings is 1. The van der Waals surface area contributed by atoms with Gasteiger partial charge in [0.05, 0.1) is 29.7 Å². The van der Waals surface area contributed by atoms with Crippen LogP contribution in [0, 0.1) is 17.2 Å². The Morgan fingerprint density at radius 2 is 2.03 bits per heavy atom. The van der Waals surface area contributed by atoms with Crippen molar-refractivity contribution in [2.75, 3.05) is 13.7 Å². The minimum Gasteiger partial charge on any atom is -0.497 e. The van der Waals surface area contributed by atoms with Crippen molar-refractivity contribution >= 4 is 38.0 Å². The summed E-state index contributed by atoms with van der Waals surface area (Å²) in [5.41, 5.74) is 1.37. The van der Waals surface area contributed by atoms with Crippen molar-refractivity contribution in [1.82, 2.24) is 14.6 Å². The van der Waals surface area contributed by atoms with Crippen LogP contribution in [0.2, 0.25) is 0 Å². The number of fused-ring (bicyclic) bond motifs is 1. The zero-order valence-corrected chi connectivity index (χ0v) is 21.6. The minimum absolute atomic E-state index is 0.0961. The van der Waals surface area contributed by atoms with Gasteiger partial charge in [0.1, 0.15) is 16.7 Å². The Bertz CT molecular complexity index is 1600. The summed E-state index contributed by atoms with van der Waals surface area (Å²) < 4.78 is 35.2. The van der Waals surface area contributed by atoms with Crippen LogP contribution in [0.3, 0.4) is 0 Å². The number of likely N-dealkylation sites (tertiary alicyclic amines) is 1. The quantitative estimate of drug-likeness (QED) is 0.363. The maximum Gasteiger partial charge on any atom is 0.241 e. The molecular weight excluding hydrogens is 508 g/mol. The van der Waals surface area contributed by atoms with Crippen molar-refractivity contribution in [2.24, 2.45) is 5.92 Å². The summed E-state index contributed by atoms with van der Waals surface area (Å²) in [6, 6.07) is 18.7. The van der Waals surface area contributed by atoms with E-state index in [0.717, 1.165) is 16.3 Å². The third kappa shape index (κ3) is 5.20. The van der Waals surface area contributed by atoms with E-state index < -0.39 is 22.0 Å². The Balaban J connectivity index is 1.43. The molecule has 4 aromatic rings. The summed E-state index contributed by atoms with van der Waals surface area (Å²) in [7, 11) is -2.43. The van der Waals surface area contributed by atoms with Crippen molar-refractivity contribution in [3.05, 3.63) is 88.4 Å². The average molecular weight is 533 g/mol. The number of thiophene rings is 1. The Morgan fingerprint density at radius 3 is 2.76 bits per heavy atom. The van der Waals surface area contributed by atoms with E-state index in [0.29, 0.717) is 35.8 Å². The number of carbonyl (C=O) groups is 1. The third-order valence-corrected chi connectivity index (χ3v) is 8.82. The molecule has 37 heavy (non-hydrogen) atoms. The van der Waals surface area contributed by atoms with Crippen molar-refractivity contribution in [3.8, 4) is 11.8 Å². The number of nitriles is 1. The Labute approximate surface area is 219 Å². The van der Waals surface area contributed by atoms with Gasteiger partial charge < -0.3 is 9.64 Å². The summed E-state index contributed by atoms with van der Waals surface area (Å²) in [5.74, 6) is -0.129. The molecule has 188 valence electrons. The molecule has 1 aliphatic rings. The number of benzene rings is 2. The molecule has 2 aromatic carbocycles. The fourth-order valence-electron chi connectivity index (χ4n) is 4.61. The molecule has 1 fully saturated rings. The highest BCUT2D eigenvalue weighted by Gasteiger charge is 2.40. The first-order chi connectivity index (χ1) is 17.9. The van der Waals surface area contributed by atoms with Crippen molar-refractivity contribution < 1.29 is 17.9 Å². The molecule has 1 aliphatic heterocycles. The molecule has 0 spiro atoms. The first-order valence-electron chi connectivity index (χ1n) is 11.7. The number of hydrogen-bond donors (Lipinski definition) is 1. The number of methoxy groups -OCH3 is 1. The van der Waals surface area contributed by atoms with Gasteiger partial charge in [0.15, 0.2) is 0 Å². The van der Waals surface area contributed by atoms with Crippen molar-refractivity contribution in [1.29, 1.82) is 5.26 Å². The second-order valence-corrected chi connectivity index (χ2v) is 11.4. The van der Waals surface area contributed by atoms with Crippen LogP contribution < -0.4 is 9.46 Å². The molecule has 1 amide bonds. The van der Waals surface area contributed by atoms with Crippen LogP contribution in [0.15, 0.2) is 77.1 Å². The number of ether oxygens (including phenoxy) is 1. The molecule has 0 radical (unpaired) electrons. The zero-order valence-electron chi connectivity index (χ0n) is 20.0.